The molecule has 3 N–H and O–H groups in total. The molecule has 0 spiro atoms. The predicted octanol–water partition coefficient (Wildman–Crippen LogP) is 1.89. The molecule has 0 saturated heterocycles. The molecule has 104 valence electrons. The van der Waals surface area contributed by atoms with Crippen molar-refractivity contribution in [3.8, 4) is 5.75 Å². The number of carbonyl (C=O) groups excluding carboxylic acids is 1. The first-order chi connectivity index (χ1) is 8.72. The second-order valence-electron chi connectivity index (χ2n) is 4.14. The summed E-state index contributed by atoms with van der Waals surface area (Å²) < 4.78 is 5.13. The number of aliphatic carboxylic acids is 1. The zero-order valence-corrected chi connectivity index (χ0v) is 12.2. The summed E-state index contributed by atoms with van der Waals surface area (Å²) in [7, 11) is 1.12. The Bertz CT molecular complexity index is 531. The van der Waals surface area contributed by atoms with Crippen molar-refractivity contribution in [2.75, 3.05) is 12.4 Å². The van der Waals surface area contributed by atoms with Crippen LogP contribution in [0.25, 0.3) is 0 Å². The fraction of sp³-hybridized carbons (Fsp3) is 0.333. The number of hydrogen-bond acceptors (Lipinski definition) is 4. The number of anilines is 1. The van der Waals surface area contributed by atoms with Crippen LogP contribution in [0.5, 0.6) is 5.75 Å². The van der Waals surface area contributed by atoms with Gasteiger partial charge in [0.05, 0.1) is 10.2 Å². The Morgan fingerprint density at radius 1 is 1.42 bits per heavy atom. The maximum atomic E-state index is 11.9. The molecule has 1 aromatic rings. The third-order valence-electron chi connectivity index (χ3n) is 2.71. The Balaban J connectivity index is 3.10. The topological polar surface area (TPSA) is 95.9 Å². The lowest BCUT2D eigenvalue weighted by molar-refractivity contribution is -0.165. The van der Waals surface area contributed by atoms with Gasteiger partial charge < -0.3 is 20.3 Å². The third kappa shape index (κ3) is 3.05. The summed E-state index contributed by atoms with van der Waals surface area (Å²) in [5.74, 6) is -2.48. The number of phenolic OH excluding ortho intramolecular Hbond substituents is 1. The normalized spacial score (nSPS) is 13.7. The van der Waals surface area contributed by atoms with Crippen molar-refractivity contribution in [2.24, 2.45) is 0 Å². The van der Waals surface area contributed by atoms with E-state index in [9.17, 15) is 14.7 Å². The Morgan fingerprint density at radius 3 is 2.47 bits per heavy atom. The van der Waals surface area contributed by atoms with Gasteiger partial charge in [-0.1, -0.05) is 0 Å². The highest BCUT2D eigenvalue weighted by Crippen LogP contribution is 2.33. The van der Waals surface area contributed by atoms with Crippen LogP contribution in [0.3, 0.4) is 0 Å². The van der Waals surface area contributed by atoms with E-state index in [0.717, 1.165) is 19.6 Å². The maximum Gasteiger partial charge on any atom is 0.345 e. The minimum Gasteiger partial charge on any atom is -0.505 e. The summed E-state index contributed by atoms with van der Waals surface area (Å²) in [5.41, 5.74) is -1.13. The van der Waals surface area contributed by atoms with Gasteiger partial charge in [0.1, 0.15) is 0 Å². The van der Waals surface area contributed by atoms with Gasteiger partial charge in [-0.25, -0.2) is 4.79 Å². The van der Waals surface area contributed by atoms with Crippen molar-refractivity contribution < 1.29 is 24.5 Å². The average Bonchev–Trinajstić information content (AvgIpc) is 2.33. The fourth-order valence-electron chi connectivity index (χ4n) is 1.35. The molecule has 0 saturated carbocycles. The highest BCUT2D eigenvalue weighted by molar-refractivity contribution is 9.10. The molecule has 19 heavy (non-hydrogen) atoms. The highest BCUT2D eigenvalue weighted by Gasteiger charge is 2.42. The number of aryl methyl sites for hydroxylation is 1. The summed E-state index contributed by atoms with van der Waals surface area (Å²) in [6.45, 7) is 2.90. The van der Waals surface area contributed by atoms with Crippen LogP contribution in [-0.2, 0) is 14.3 Å². The summed E-state index contributed by atoms with van der Waals surface area (Å²) in [6, 6.07) is 3.19. The molecular weight excluding hydrogens is 318 g/mol. The van der Waals surface area contributed by atoms with E-state index in [1.54, 1.807) is 13.0 Å². The number of phenols is 1. The quantitative estimate of drug-likeness (QED) is 0.578. The van der Waals surface area contributed by atoms with Crippen molar-refractivity contribution >= 4 is 33.5 Å². The molecular formula is C12H14BrNO5. The fourth-order valence-corrected chi connectivity index (χ4v) is 1.92. The zero-order chi connectivity index (χ0) is 14.8. The number of carboxylic acid groups (broad SMARTS) is 1. The molecule has 0 radical (unpaired) electrons. The molecule has 1 amide bonds. The number of ether oxygens (including phenoxy) is 1. The van der Waals surface area contributed by atoms with E-state index in [1.165, 1.54) is 6.07 Å². The summed E-state index contributed by atoms with van der Waals surface area (Å²) >= 11 is 3.13. The molecule has 7 heteroatoms. The molecule has 1 atom stereocenters. The van der Waals surface area contributed by atoms with E-state index >= 15 is 0 Å². The van der Waals surface area contributed by atoms with Gasteiger partial charge in [0.25, 0.3) is 5.91 Å². The van der Waals surface area contributed by atoms with Crippen LogP contribution < -0.4 is 5.32 Å². The first kappa shape index (κ1) is 15.5. The summed E-state index contributed by atoms with van der Waals surface area (Å²) in [4.78, 5) is 23.0. The molecule has 1 aromatic carbocycles. The molecule has 0 aliphatic rings. The minimum absolute atomic E-state index is 0.112. The van der Waals surface area contributed by atoms with Gasteiger partial charge in [-0.3, -0.25) is 4.79 Å². The van der Waals surface area contributed by atoms with Crippen LogP contribution >= 0.6 is 15.9 Å². The number of nitrogens with one attached hydrogen (secondary N) is 1. The van der Waals surface area contributed by atoms with Gasteiger partial charge >= 0.3 is 5.97 Å². The zero-order valence-electron chi connectivity index (χ0n) is 10.7. The van der Waals surface area contributed by atoms with E-state index in [-0.39, 0.29) is 11.4 Å². The number of carbonyl (C=O) groups is 2. The van der Waals surface area contributed by atoms with E-state index in [2.05, 4.69) is 21.2 Å². The van der Waals surface area contributed by atoms with Gasteiger partial charge in [0.2, 0.25) is 5.60 Å². The minimum atomic E-state index is -2.03. The Morgan fingerprint density at radius 2 is 2.00 bits per heavy atom. The van der Waals surface area contributed by atoms with Crippen LogP contribution in [0, 0.1) is 6.92 Å². The Labute approximate surface area is 118 Å². The standard InChI is InChI=1S/C12H14BrNO5/c1-6-4-7(13)9(15)8(5-6)14-10(16)12(2,19-3)11(17)18/h4-5,15H,1-3H3,(H,14,16)(H,17,18). The molecule has 0 aliphatic carbocycles. The van der Waals surface area contributed by atoms with Crippen molar-refractivity contribution in [3.05, 3.63) is 22.2 Å². The van der Waals surface area contributed by atoms with E-state index < -0.39 is 17.5 Å². The van der Waals surface area contributed by atoms with Crippen molar-refractivity contribution in [3.63, 3.8) is 0 Å². The third-order valence-corrected chi connectivity index (χ3v) is 3.31. The number of rotatable bonds is 4. The first-order valence-electron chi connectivity index (χ1n) is 5.31. The average molecular weight is 332 g/mol. The predicted molar refractivity (Wildman–Crippen MR) is 72.2 cm³/mol. The Hall–Kier alpha value is -1.60. The lowest BCUT2D eigenvalue weighted by Gasteiger charge is -2.22. The van der Waals surface area contributed by atoms with Gasteiger partial charge in [-0.15, -0.1) is 0 Å². The summed E-state index contributed by atoms with van der Waals surface area (Å²) in [6.07, 6.45) is 0. The SMILES string of the molecule is COC(C)(C(=O)O)C(=O)Nc1cc(C)cc(Br)c1O. The number of methoxy groups -OCH3 is 1. The number of amides is 1. The molecule has 1 unspecified atom stereocenters. The lowest BCUT2D eigenvalue weighted by atomic mass is 10.1. The van der Waals surface area contributed by atoms with E-state index in [0.29, 0.717) is 4.47 Å². The molecule has 0 bridgehead atoms. The number of hydrogen-bond donors (Lipinski definition) is 3. The van der Waals surface area contributed by atoms with Crippen LogP contribution in [0.15, 0.2) is 16.6 Å². The van der Waals surface area contributed by atoms with E-state index in [4.69, 9.17) is 9.84 Å². The molecule has 0 aromatic heterocycles. The number of carboxylic acids is 1. The van der Waals surface area contributed by atoms with Crippen LogP contribution in [0.4, 0.5) is 5.69 Å². The number of benzene rings is 1. The van der Waals surface area contributed by atoms with Crippen LogP contribution in [0.1, 0.15) is 12.5 Å². The number of halogens is 1. The molecule has 0 fully saturated rings. The second kappa shape index (κ2) is 5.58. The van der Waals surface area contributed by atoms with E-state index in [1.807, 2.05) is 0 Å². The monoisotopic (exact) mass is 331 g/mol. The maximum absolute atomic E-state index is 11.9. The summed E-state index contributed by atoms with van der Waals surface area (Å²) in [5, 5.41) is 21.1. The lowest BCUT2D eigenvalue weighted by Crippen LogP contribution is -2.48. The van der Waals surface area contributed by atoms with Crippen LogP contribution in [0.2, 0.25) is 0 Å². The van der Waals surface area contributed by atoms with Gasteiger partial charge in [0, 0.05) is 7.11 Å². The smallest absolute Gasteiger partial charge is 0.345 e. The Kier molecular flexibility index (Phi) is 4.54. The van der Waals surface area contributed by atoms with Gasteiger partial charge in [0.15, 0.2) is 5.75 Å². The van der Waals surface area contributed by atoms with Crippen LogP contribution in [-0.4, -0.2) is 34.8 Å². The van der Waals surface area contributed by atoms with Crippen molar-refractivity contribution in [1.82, 2.24) is 0 Å². The first-order valence-corrected chi connectivity index (χ1v) is 6.10. The van der Waals surface area contributed by atoms with Crippen molar-refractivity contribution in [1.29, 1.82) is 0 Å². The van der Waals surface area contributed by atoms with Crippen molar-refractivity contribution in [2.45, 2.75) is 19.4 Å². The largest absolute Gasteiger partial charge is 0.505 e. The molecule has 0 aliphatic heterocycles. The number of aromatic hydroxyl groups is 1. The van der Waals surface area contributed by atoms with Gasteiger partial charge in [-0.2, -0.15) is 0 Å². The molecule has 6 nitrogen and oxygen atoms in total. The highest BCUT2D eigenvalue weighted by atomic mass is 79.9. The second-order valence-corrected chi connectivity index (χ2v) is 4.99. The molecule has 1 rings (SSSR count). The molecule has 0 heterocycles. The van der Waals surface area contributed by atoms with Gasteiger partial charge in [-0.05, 0) is 47.5 Å².